The Hall–Kier alpha value is -1.68. The number of hydrogen-bond acceptors (Lipinski definition) is 3. The molecule has 2 aromatic rings. The molecule has 0 aliphatic rings. The molecule has 0 amide bonds. The van der Waals surface area contributed by atoms with Crippen LogP contribution < -0.4 is 5.32 Å². The van der Waals surface area contributed by atoms with Gasteiger partial charge in [0.25, 0.3) is 0 Å². The molecule has 0 unspecified atom stereocenters. The van der Waals surface area contributed by atoms with Crippen molar-refractivity contribution in [1.29, 1.82) is 0 Å². The van der Waals surface area contributed by atoms with Gasteiger partial charge < -0.3 is 5.32 Å². The molecule has 0 bridgehead atoms. The molecule has 0 radical (unpaired) electrons. The van der Waals surface area contributed by atoms with E-state index >= 15 is 0 Å². The topological polar surface area (TPSA) is 42.7 Å². The Kier molecular flexibility index (Phi) is 3.24. The van der Waals surface area contributed by atoms with Gasteiger partial charge in [-0.05, 0) is 39.4 Å². The number of nitrogens with one attached hydrogen (secondary N) is 1. The predicted molar refractivity (Wildman–Crippen MR) is 68.3 cm³/mol. The Morgan fingerprint density at radius 1 is 1.18 bits per heavy atom. The van der Waals surface area contributed by atoms with E-state index in [0.717, 1.165) is 29.4 Å². The highest BCUT2D eigenvalue weighted by atomic mass is 15.1. The van der Waals surface area contributed by atoms with Gasteiger partial charge >= 0.3 is 0 Å². The van der Waals surface area contributed by atoms with Crippen LogP contribution in [0.5, 0.6) is 0 Å². The maximum absolute atomic E-state index is 4.62. The van der Waals surface area contributed by atoms with Gasteiger partial charge in [-0.15, -0.1) is 0 Å². The first-order valence-electron chi connectivity index (χ1n) is 5.75. The maximum atomic E-state index is 4.62. The van der Waals surface area contributed by atoms with Crippen molar-refractivity contribution in [3.8, 4) is 5.82 Å². The second kappa shape index (κ2) is 4.67. The summed E-state index contributed by atoms with van der Waals surface area (Å²) in [4.78, 5) is 8.91. The van der Waals surface area contributed by atoms with Gasteiger partial charge in [-0.2, -0.15) is 0 Å². The second-order valence-electron chi connectivity index (χ2n) is 4.23. The number of aromatic nitrogens is 3. The van der Waals surface area contributed by atoms with Gasteiger partial charge in [-0.3, -0.25) is 4.57 Å². The van der Waals surface area contributed by atoms with E-state index in [9.17, 15) is 0 Å². The van der Waals surface area contributed by atoms with E-state index < -0.39 is 0 Å². The molecule has 2 heterocycles. The van der Waals surface area contributed by atoms with Crippen LogP contribution in [0.25, 0.3) is 5.82 Å². The van der Waals surface area contributed by atoms with Crippen molar-refractivity contribution in [1.82, 2.24) is 19.9 Å². The number of aryl methyl sites for hydroxylation is 2. The number of imidazole rings is 1. The Bertz CT molecular complexity index is 528. The van der Waals surface area contributed by atoms with E-state index in [0.29, 0.717) is 0 Å². The third kappa shape index (κ3) is 2.22. The van der Waals surface area contributed by atoms with Crippen molar-refractivity contribution in [2.45, 2.75) is 27.3 Å². The first-order chi connectivity index (χ1) is 8.13. The highest BCUT2D eigenvalue weighted by Gasteiger charge is 2.07. The van der Waals surface area contributed by atoms with Crippen LogP contribution in [0.4, 0.5) is 0 Å². The summed E-state index contributed by atoms with van der Waals surface area (Å²) >= 11 is 0. The van der Waals surface area contributed by atoms with Gasteiger partial charge in [0.1, 0.15) is 12.1 Å². The summed E-state index contributed by atoms with van der Waals surface area (Å²) in [6.45, 7) is 6.95. The zero-order chi connectivity index (χ0) is 12.4. The molecule has 0 aliphatic carbocycles. The zero-order valence-corrected chi connectivity index (χ0v) is 10.8. The number of hydrogen-bond donors (Lipinski definition) is 1. The van der Waals surface area contributed by atoms with Crippen LogP contribution in [0, 0.1) is 20.8 Å². The van der Waals surface area contributed by atoms with Crippen molar-refractivity contribution in [3.05, 3.63) is 41.1 Å². The first-order valence-corrected chi connectivity index (χ1v) is 5.75. The van der Waals surface area contributed by atoms with E-state index in [1.54, 1.807) is 0 Å². The molecule has 1 N–H and O–H groups in total. The lowest BCUT2D eigenvalue weighted by atomic mass is 10.2. The zero-order valence-electron chi connectivity index (χ0n) is 10.8. The molecular formula is C13H18N4. The fourth-order valence-corrected chi connectivity index (χ4v) is 1.82. The van der Waals surface area contributed by atoms with Crippen LogP contribution in [0.15, 0.2) is 18.5 Å². The summed E-state index contributed by atoms with van der Waals surface area (Å²) in [6, 6.07) is 4.15. The van der Waals surface area contributed by atoms with E-state index in [1.165, 1.54) is 5.56 Å². The van der Waals surface area contributed by atoms with Crippen molar-refractivity contribution in [2.75, 3.05) is 7.05 Å². The Morgan fingerprint density at radius 3 is 2.47 bits per heavy atom. The van der Waals surface area contributed by atoms with Crippen molar-refractivity contribution >= 4 is 0 Å². The molecule has 17 heavy (non-hydrogen) atoms. The molecule has 0 aromatic carbocycles. The maximum Gasteiger partial charge on any atom is 0.138 e. The lowest BCUT2D eigenvalue weighted by Crippen LogP contribution is -2.09. The molecule has 0 saturated carbocycles. The minimum absolute atomic E-state index is 0.848. The smallest absolute Gasteiger partial charge is 0.138 e. The molecular weight excluding hydrogens is 212 g/mol. The summed E-state index contributed by atoms with van der Waals surface area (Å²) < 4.78 is 2.02. The third-order valence-electron chi connectivity index (χ3n) is 3.05. The van der Waals surface area contributed by atoms with E-state index in [1.807, 2.05) is 37.9 Å². The second-order valence-corrected chi connectivity index (χ2v) is 4.23. The molecule has 0 spiro atoms. The molecule has 2 rings (SSSR count). The van der Waals surface area contributed by atoms with Crippen LogP contribution in [-0.4, -0.2) is 21.6 Å². The highest BCUT2D eigenvalue weighted by molar-refractivity contribution is 5.32. The standard InChI is InChI=1S/C13H18N4/c1-9-11(3)17(8-15-9)13-6-5-12(7-14-4)10(2)16-13/h5-6,8,14H,7H2,1-4H3. The summed E-state index contributed by atoms with van der Waals surface area (Å²) in [5, 5.41) is 3.14. The fraction of sp³-hybridized carbons (Fsp3) is 0.385. The molecule has 2 aromatic heterocycles. The molecule has 4 heteroatoms. The van der Waals surface area contributed by atoms with Crippen molar-refractivity contribution in [2.24, 2.45) is 0 Å². The van der Waals surface area contributed by atoms with E-state index in [-0.39, 0.29) is 0 Å². The van der Waals surface area contributed by atoms with Gasteiger partial charge in [0.15, 0.2) is 0 Å². The Balaban J connectivity index is 2.41. The van der Waals surface area contributed by atoms with Crippen LogP contribution in [0.1, 0.15) is 22.6 Å². The summed E-state index contributed by atoms with van der Waals surface area (Å²) in [7, 11) is 1.94. The minimum atomic E-state index is 0.848. The van der Waals surface area contributed by atoms with Gasteiger partial charge in [0.05, 0.1) is 5.69 Å². The summed E-state index contributed by atoms with van der Waals surface area (Å²) in [5.74, 6) is 0.931. The molecule has 0 aliphatic heterocycles. The third-order valence-corrected chi connectivity index (χ3v) is 3.05. The number of pyridine rings is 1. The molecule has 0 fully saturated rings. The van der Waals surface area contributed by atoms with Gasteiger partial charge in [0.2, 0.25) is 0 Å². The lowest BCUT2D eigenvalue weighted by Gasteiger charge is -2.09. The van der Waals surface area contributed by atoms with Crippen molar-refractivity contribution < 1.29 is 0 Å². The van der Waals surface area contributed by atoms with Crippen molar-refractivity contribution in [3.63, 3.8) is 0 Å². The van der Waals surface area contributed by atoms with Gasteiger partial charge in [0, 0.05) is 17.9 Å². The minimum Gasteiger partial charge on any atom is -0.316 e. The molecule has 4 nitrogen and oxygen atoms in total. The average Bonchev–Trinajstić information content (AvgIpc) is 2.63. The van der Waals surface area contributed by atoms with Crippen LogP contribution in [0.3, 0.4) is 0 Å². The fourth-order valence-electron chi connectivity index (χ4n) is 1.82. The molecule has 90 valence electrons. The average molecular weight is 230 g/mol. The normalized spacial score (nSPS) is 10.8. The Morgan fingerprint density at radius 2 is 1.94 bits per heavy atom. The van der Waals surface area contributed by atoms with Gasteiger partial charge in [-0.25, -0.2) is 9.97 Å². The molecule has 0 saturated heterocycles. The quantitative estimate of drug-likeness (QED) is 0.876. The predicted octanol–water partition coefficient (Wildman–Crippen LogP) is 1.91. The largest absolute Gasteiger partial charge is 0.316 e. The number of rotatable bonds is 3. The monoisotopic (exact) mass is 230 g/mol. The Labute approximate surface area is 102 Å². The summed E-state index contributed by atoms with van der Waals surface area (Å²) in [6.07, 6.45) is 1.82. The van der Waals surface area contributed by atoms with Crippen LogP contribution in [0.2, 0.25) is 0 Å². The first kappa shape index (κ1) is 11.8. The van der Waals surface area contributed by atoms with E-state index in [2.05, 4.69) is 28.3 Å². The molecule has 0 atom stereocenters. The lowest BCUT2D eigenvalue weighted by molar-refractivity contribution is 0.799. The summed E-state index contributed by atoms with van der Waals surface area (Å²) in [5.41, 5.74) is 4.47. The van der Waals surface area contributed by atoms with E-state index in [4.69, 9.17) is 0 Å². The van der Waals surface area contributed by atoms with Gasteiger partial charge in [-0.1, -0.05) is 6.07 Å². The number of nitrogens with zero attached hydrogens (tertiary/aromatic N) is 3. The SMILES string of the molecule is CNCc1ccc(-n2cnc(C)c2C)nc1C. The highest BCUT2D eigenvalue weighted by Crippen LogP contribution is 2.14. The van der Waals surface area contributed by atoms with Crippen LogP contribution >= 0.6 is 0 Å². The van der Waals surface area contributed by atoms with Crippen LogP contribution in [-0.2, 0) is 6.54 Å².